The summed E-state index contributed by atoms with van der Waals surface area (Å²) in [5, 5.41) is 0. The quantitative estimate of drug-likeness (QED) is 0.723. The third kappa shape index (κ3) is 1.74. The van der Waals surface area contributed by atoms with Crippen molar-refractivity contribution in [2.24, 2.45) is 7.05 Å². The first-order valence-electron chi connectivity index (χ1n) is 4.88. The molecule has 1 heterocycles. The largest absolute Gasteiger partial charge is 0.331 e. The number of carbonyl (C=O) groups is 1. The molecule has 0 saturated heterocycles. The van der Waals surface area contributed by atoms with Gasteiger partial charge in [0.25, 0.3) is 0 Å². The Morgan fingerprint density at radius 2 is 2.19 bits per heavy atom. The average Bonchev–Trinajstić information content (AvgIpc) is 2.63. The van der Waals surface area contributed by atoms with E-state index in [0.717, 1.165) is 0 Å². The van der Waals surface area contributed by atoms with Crippen molar-refractivity contribution in [3.63, 3.8) is 0 Å². The van der Waals surface area contributed by atoms with E-state index in [2.05, 4.69) is 4.98 Å². The van der Waals surface area contributed by atoms with Gasteiger partial charge in [-0.25, -0.2) is 9.37 Å². The molecule has 4 heteroatoms. The summed E-state index contributed by atoms with van der Waals surface area (Å²) in [6.45, 7) is 1.71. The molecule has 2 aromatic rings. The number of carbonyl (C=O) groups excluding carboxylic acids is 1. The molecule has 0 aliphatic heterocycles. The van der Waals surface area contributed by atoms with Crippen LogP contribution in [0.15, 0.2) is 30.6 Å². The van der Waals surface area contributed by atoms with Gasteiger partial charge in [-0.3, -0.25) is 4.79 Å². The molecule has 82 valence electrons. The van der Waals surface area contributed by atoms with Crippen LogP contribution in [0, 0.1) is 12.7 Å². The van der Waals surface area contributed by atoms with Gasteiger partial charge in [0, 0.05) is 25.0 Å². The second kappa shape index (κ2) is 3.89. The molecule has 0 aliphatic rings. The van der Waals surface area contributed by atoms with E-state index in [1.54, 1.807) is 30.9 Å². The van der Waals surface area contributed by atoms with Crippen molar-refractivity contribution < 1.29 is 9.18 Å². The predicted octanol–water partition coefficient (Wildman–Crippen LogP) is 2.10. The monoisotopic (exact) mass is 218 g/mol. The second-order valence-electron chi connectivity index (χ2n) is 3.65. The summed E-state index contributed by atoms with van der Waals surface area (Å²) in [5.41, 5.74) is 1.10. The van der Waals surface area contributed by atoms with Crippen molar-refractivity contribution in [1.29, 1.82) is 0 Å². The van der Waals surface area contributed by atoms with E-state index in [1.165, 1.54) is 18.2 Å². The maximum Gasteiger partial charge on any atom is 0.228 e. The molecule has 0 saturated carbocycles. The first-order valence-corrected chi connectivity index (χ1v) is 4.88. The molecule has 0 spiro atoms. The minimum Gasteiger partial charge on any atom is -0.331 e. The number of halogens is 1. The molecule has 1 aromatic carbocycles. The Balaban J connectivity index is 2.46. The zero-order chi connectivity index (χ0) is 11.7. The number of rotatable bonds is 2. The van der Waals surface area contributed by atoms with Crippen LogP contribution in [0.1, 0.15) is 21.7 Å². The van der Waals surface area contributed by atoms with Crippen molar-refractivity contribution in [2.75, 3.05) is 0 Å². The summed E-state index contributed by atoms with van der Waals surface area (Å²) in [6.07, 6.45) is 3.26. The fraction of sp³-hybridized carbons (Fsp3) is 0.167. The van der Waals surface area contributed by atoms with E-state index in [4.69, 9.17) is 0 Å². The molecule has 0 fully saturated rings. The first-order chi connectivity index (χ1) is 7.59. The van der Waals surface area contributed by atoms with Gasteiger partial charge in [-0.15, -0.1) is 0 Å². The van der Waals surface area contributed by atoms with Crippen LogP contribution in [0.25, 0.3) is 0 Å². The number of aromatic nitrogens is 2. The molecule has 1 aromatic heterocycles. The lowest BCUT2D eigenvalue weighted by atomic mass is 10.0. The molecular weight excluding hydrogens is 207 g/mol. The molecule has 0 radical (unpaired) electrons. The van der Waals surface area contributed by atoms with Crippen LogP contribution in [-0.4, -0.2) is 15.3 Å². The van der Waals surface area contributed by atoms with Crippen LogP contribution in [0.3, 0.4) is 0 Å². The van der Waals surface area contributed by atoms with Crippen molar-refractivity contribution in [3.8, 4) is 0 Å². The maximum atomic E-state index is 12.9. The minimum absolute atomic E-state index is 0.190. The molecule has 2 rings (SSSR count). The summed E-state index contributed by atoms with van der Waals surface area (Å²) in [6, 6.07) is 4.11. The Morgan fingerprint density at radius 1 is 1.44 bits per heavy atom. The lowest BCUT2D eigenvalue weighted by molar-refractivity contribution is 0.102. The van der Waals surface area contributed by atoms with Gasteiger partial charge in [-0.2, -0.15) is 0 Å². The Labute approximate surface area is 92.5 Å². The number of hydrogen-bond acceptors (Lipinski definition) is 2. The predicted molar refractivity (Wildman–Crippen MR) is 57.8 cm³/mol. The van der Waals surface area contributed by atoms with Gasteiger partial charge in [-0.1, -0.05) is 0 Å². The Kier molecular flexibility index (Phi) is 2.56. The fourth-order valence-electron chi connectivity index (χ4n) is 1.59. The highest BCUT2D eigenvalue weighted by Gasteiger charge is 2.15. The SMILES string of the molecule is Cc1cc(F)ccc1C(=O)c1nccn1C. The first kappa shape index (κ1) is 10.5. The van der Waals surface area contributed by atoms with E-state index in [9.17, 15) is 9.18 Å². The second-order valence-corrected chi connectivity index (χ2v) is 3.65. The summed E-state index contributed by atoms with van der Waals surface area (Å²) in [5.74, 6) is -0.173. The molecule has 0 unspecified atom stereocenters. The zero-order valence-corrected chi connectivity index (χ0v) is 9.07. The van der Waals surface area contributed by atoms with Crippen molar-refractivity contribution in [2.45, 2.75) is 6.92 Å². The van der Waals surface area contributed by atoms with Crippen LogP contribution in [0.4, 0.5) is 4.39 Å². The number of hydrogen-bond donors (Lipinski definition) is 0. The fourth-order valence-corrected chi connectivity index (χ4v) is 1.59. The van der Waals surface area contributed by atoms with E-state index in [-0.39, 0.29) is 11.6 Å². The lowest BCUT2D eigenvalue weighted by Gasteiger charge is -2.04. The summed E-state index contributed by atoms with van der Waals surface area (Å²) >= 11 is 0. The molecule has 0 atom stereocenters. The smallest absolute Gasteiger partial charge is 0.228 e. The minimum atomic E-state index is -0.339. The third-order valence-electron chi connectivity index (χ3n) is 2.46. The summed E-state index contributed by atoms with van der Waals surface area (Å²) in [4.78, 5) is 16.0. The number of aryl methyl sites for hydroxylation is 2. The number of imidazole rings is 1. The normalized spacial score (nSPS) is 10.4. The summed E-state index contributed by atoms with van der Waals surface area (Å²) in [7, 11) is 1.75. The van der Waals surface area contributed by atoms with E-state index in [0.29, 0.717) is 17.0 Å². The Bertz CT molecular complexity index is 546. The van der Waals surface area contributed by atoms with E-state index >= 15 is 0 Å². The van der Waals surface area contributed by atoms with Crippen molar-refractivity contribution in [3.05, 3.63) is 53.4 Å². The van der Waals surface area contributed by atoms with Gasteiger partial charge < -0.3 is 4.57 Å². The van der Waals surface area contributed by atoms with Crippen LogP contribution in [0.5, 0.6) is 0 Å². The Hall–Kier alpha value is -1.97. The van der Waals surface area contributed by atoms with Gasteiger partial charge in [0.2, 0.25) is 5.78 Å². The van der Waals surface area contributed by atoms with Gasteiger partial charge in [-0.05, 0) is 30.7 Å². The van der Waals surface area contributed by atoms with Crippen molar-refractivity contribution in [1.82, 2.24) is 9.55 Å². The zero-order valence-electron chi connectivity index (χ0n) is 9.07. The number of ketones is 1. The van der Waals surface area contributed by atoms with Gasteiger partial charge in [0.15, 0.2) is 5.82 Å². The standard InChI is InChI=1S/C12H11FN2O/c1-8-7-9(13)3-4-10(8)11(16)12-14-5-6-15(12)2/h3-7H,1-2H3. The van der Waals surface area contributed by atoms with Crippen LogP contribution in [-0.2, 0) is 7.05 Å². The molecule has 16 heavy (non-hydrogen) atoms. The number of nitrogens with zero attached hydrogens (tertiary/aromatic N) is 2. The van der Waals surface area contributed by atoms with Crippen LogP contribution >= 0.6 is 0 Å². The molecular formula is C12H11FN2O. The highest BCUT2D eigenvalue weighted by molar-refractivity contribution is 6.07. The summed E-state index contributed by atoms with van der Waals surface area (Å²) < 4.78 is 14.5. The third-order valence-corrected chi connectivity index (χ3v) is 2.46. The highest BCUT2D eigenvalue weighted by atomic mass is 19.1. The number of benzene rings is 1. The van der Waals surface area contributed by atoms with Crippen molar-refractivity contribution >= 4 is 5.78 Å². The van der Waals surface area contributed by atoms with E-state index < -0.39 is 0 Å². The average molecular weight is 218 g/mol. The van der Waals surface area contributed by atoms with Crippen LogP contribution < -0.4 is 0 Å². The van der Waals surface area contributed by atoms with Gasteiger partial charge >= 0.3 is 0 Å². The lowest BCUT2D eigenvalue weighted by Crippen LogP contribution is -2.10. The molecule has 0 N–H and O–H groups in total. The molecule has 0 bridgehead atoms. The van der Waals surface area contributed by atoms with Gasteiger partial charge in [0.05, 0.1) is 0 Å². The molecule has 0 aliphatic carbocycles. The topological polar surface area (TPSA) is 34.9 Å². The molecule has 3 nitrogen and oxygen atoms in total. The van der Waals surface area contributed by atoms with Gasteiger partial charge in [0.1, 0.15) is 5.82 Å². The highest BCUT2D eigenvalue weighted by Crippen LogP contribution is 2.14. The maximum absolute atomic E-state index is 12.9. The molecule has 0 amide bonds. The van der Waals surface area contributed by atoms with Crippen LogP contribution in [0.2, 0.25) is 0 Å². The Morgan fingerprint density at radius 3 is 2.75 bits per heavy atom. The van der Waals surface area contributed by atoms with E-state index in [1.807, 2.05) is 0 Å².